The first-order chi connectivity index (χ1) is 7.65. The summed E-state index contributed by atoms with van der Waals surface area (Å²) in [5, 5.41) is 0. The molecule has 0 spiro atoms. The van der Waals surface area contributed by atoms with Gasteiger partial charge in [-0.25, -0.2) is 4.79 Å². The van der Waals surface area contributed by atoms with Crippen LogP contribution in [-0.4, -0.2) is 45.2 Å². The summed E-state index contributed by atoms with van der Waals surface area (Å²) in [6.45, 7) is 1.34. The molecule has 0 N–H and O–H groups in total. The SMILES string of the molecule is COC(=O)c1ccccc1OCCN(C)C. The number of hydrogen-bond acceptors (Lipinski definition) is 4. The molecule has 0 atom stereocenters. The molecule has 0 radical (unpaired) electrons. The van der Waals surface area contributed by atoms with Crippen molar-refractivity contribution in [2.45, 2.75) is 0 Å². The van der Waals surface area contributed by atoms with E-state index < -0.39 is 0 Å². The second-order valence-corrected chi connectivity index (χ2v) is 3.64. The Kier molecular flexibility index (Phi) is 4.79. The number of rotatable bonds is 5. The van der Waals surface area contributed by atoms with Crippen molar-refractivity contribution in [3.63, 3.8) is 0 Å². The standard InChI is InChI=1S/C12H17NO3/c1-13(2)8-9-16-11-7-5-4-6-10(11)12(14)15-3/h4-7H,8-9H2,1-3H3. The minimum Gasteiger partial charge on any atom is -0.491 e. The molecule has 4 heteroatoms. The van der Waals surface area contributed by atoms with Gasteiger partial charge in [-0.15, -0.1) is 0 Å². The fourth-order valence-corrected chi connectivity index (χ4v) is 1.21. The van der Waals surface area contributed by atoms with Crippen molar-refractivity contribution in [1.29, 1.82) is 0 Å². The summed E-state index contributed by atoms with van der Waals surface area (Å²) in [7, 11) is 5.30. The van der Waals surface area contributed by atoms with Crippen LogP contribution in [0.3, 0.4) is 0 Å². The van der Waals surface area contributed by atoms with Gasteiger partial charge < -0.3 is 14.4 Å². The van der Waals surface area contributed by atoms with Crippen molar-refractivity contribution in [3.8, 4) is 5.75 Å². The van der Waals surface area contributed by atoms with E-state index in [-0.39, 0.29) is 5.97 Å². The molecule has 16 heavy (non-hydrogen) atoms. The highest BCUT2D eigenvalue weighted by molar-refractivity contribution is 5.92. The first-order valence-electron chi connectivity index (χ1n) is 5.10. The van der Waals surface area contributed by atoms with Crippen molar-refractivity contribution in [1.82, 2.24) is 4.90 Å². The lowest BCUT2D eigenvalue weighted by molar-refractivity contribution is 0.0595. The molecule has 0 fully saturated rings. The predicted octanol–water partition coefficient (Wildman–Crippen LogP) is 1.41. The molecule has 1 aromatic rings. The predicted molar refractivity (Wildman–Crippen MR) is 61.8 cm³/mol. The number of carbonyl (C=O) groups excluding carboxylic acids is 1. The third kappa shape index (κ3) is 3.55. The number of esters is 1. The van der Waals surface area contributed by atoms with Crippen LogP contribution in [0.15, 0.2) is 24.3 Å². The number of carbonyl (C=O) groups is 1. The van der Waals surface area contributed by atoms with Gasteiger partial charge in [-0.3, -0.25) is 0 Å². The highest BCUT2D eigenvalue weighted by atomic mass is 16.5. The average Bonchev–Trinajstić information content (AvgIpc) is 2.28. The number of nitrogens with zero attached hydrogens (tertiary/aromatic N) is 1. The molecule has 0 saturated heterocycles. The fourth-order valence-electron chi connectivity index (χ4n) is 1.21. The quantitative estimate of drug-likeness (QED) is 0.707. The number of methoxy groups -OCH3 is 1. The van der Waals surface area contributed by atoms with E-state index in [0.29, 0.717) is 17.9 Å². The van der Waals surface area contributed by atoms with Crippen molar-refractivity contribution in [2.24, 2.45) is 0 Å². The minimum atomic E-state index is -0.375. The molecule has 0 aliphatic carbocycles. The molecular formula is C12H17NO3. The Bertz CT molecular complexity index is 350. The van der Waals surface area contributed by atoms with Crippen LogP contribution in [0.2, 0.25) is 0 Å². The summed E-state index contributed by atoms with van der Waals surface area (Å²) in [5.41, 5.74) is 0.462. The molecule has 0 heterocycles. The Morgan fingerprint density at radius 3 is 2.62 bits per heavy atom. The van der Waals surface area contributed by atoms with Crippen LogP contribution in [0.5, 0.6) is 5.75 Å². The fraction of sp³-hybridized carbons (Fsp3) is 0.417. The van der Waals surface area contributed by atoms with Gasteiger partial charge in [-0.1, -0.05) is 12.1 Å². The summed E-state index contributed by atoms with van der Waals surface area (Å²) in [4.78, 5) is 13.4. The van der Waals surface area contributed by atoms with Crippen LogP contribution in [-0.2, 0) is 4.74 Å². The van der Waals surface area contributed by atoms with Gasteiger partial charge in [-0.2, -0.15) is 0 Å². The first-order valence-corrected chi connectivity index (χ1v) is 5.10. The Morgan fingerprint density at radius 2 is 2.00 bits per heavy atom. The molecule has 1 aromatic carbocycles. The molecule has 0 aliphatic rings. The van der Waals surface area contributed by atoms with E-state index in [1.807, 2.05) is 25.1 Å². The van der Waals surface area contributed by atoms with Gasteiger partial charge in [0.2, 0.25) is 0 Å². The third-order valence-corrected chi connectivity index (χ3v) is 2.09. The van der Waals surface area contributed by atoms with Crippen LogP contribution in [0.1, 0.15) is 10.4 Å². The van der Waals surface area contributed by atoms with Crippen LogP contribution in [0.25, 0.3) is 0 Å². The second kappa shape index (κ2) is 6.12. The van der Waals surface area contributed by atoms with Gasteiger partial charge in [-0.05, 0) is 26.2 Å². The maximum Gasteiger partial charge on any atom is 0.341 e. The third-order valence-electron chi connectivity index (χ3n) is 2.09. The lowest BCUT2D eigenvalue weighted by Gasteiger charge is -2.12. The number of hydrogen-bond donors (Lipinski definition) is 0. The van der Waals surface area contributed by atoms with Gasteiger partial charge in [0.25, 0.3) is 0 Å². The van der Waals surface area contributed by atoms with E-state index in [4.69, 9.17) is 4.74 Å². The smallest absolute Gasteiger partial charge is 0.341 e. The largest absolute Gasteiger partial charge is 0.491 e. The number of likely N-dealkylation sites (N-methyl/N-ethyl adjacent to an activating group) is 1. The monoisotopic (exact) mass is 223 g/mol. The average molecular weight is 223 g/mol. The second-order valence-electron chi connectivity index (χ2n) is 3.64. The zero-order valence-corrected chi connectivity index (χ0v) is 9.90. The summed E-state index contributed by atoms with van der Waals surface area (Å²) in [6, 6.07) is 7.07. The van der Waals surface area contributed by atoms with E-state index in [2.05, 4.69) is 4.74 Å². The molecule has 0 aromatic heterocycles. The highest BCUT2D eigenvalue weighted by Gasteiger charge is 2.11. The molecule has 0 aliphatic heterocycles. The Morgan fingerprint density at radius 1 is 1.31 bits per heavy atom. The van der Waals surface area contributed by atoms with E-state index in [1.54, 1.807) is 18.2 Å². The zero-order chi connectivity index (χ0) is 12.0. The molecule has 0 unspecified atom stereocenters. The molecule has 4 nitrogen and oxygen atoms in total. The maximum absolute atomic E-state index is 11.4. The lowest BCUT2D eigenvalue weighted by Crippen LogP contribution is -2.20. The summed E-state index contributed by atoms with van der Waals surface area (Å²) in [5.74, 6) is 0.191. The molecule has 88 valence electrons. The van der Waals surface area contributed by atoms with Crippen LogP contribution in [0.4, 0.5) is 0 Å². The van der Waals surface area contributed by atoms with Crippen LogP contribution < -0.4 is 4.74 Å². The summed E-state index contributed by atoms with van der Waals surface area (Å²) < 4.78 is 10.2. The molecule has 1 rings (SSSR count). The number of benzene rings is 1. The Labute approximate surface area is 95.8 Å². The highest BCUT2D eigenvalue weighted by Crippen LogP contribution is 2.18. The van der Waals surface area contributed by atoms with Crippen molar-refractivity contribution < 1.29 is 14.3 Å². The Balaban J connectivity index is 2.67. The van der Waals surface area contributed by atoms with Gasteiger partial charge in [0.1, 0.15) is 17.9 Å². The van der Waals surface area contributed by atoms with Crippen molar-refractivity contribution in [3.05, 3.63) is 29.8 Å². The van der Waals surface area contributed by atoms with E-state index >= 15 is 0 Å². The van der Waals surface area contributed by atoms with Gasteiger partial charge in [0.05, 0.1) is 7.11 Å². The van der Waals surface area contributed by atoms with Gasteiger partial charge in [0.15, 0.2) is 0 Å². The summed E-state index contributed by atoms with van der Waals surface area (Å²) >= 11 is 0. The van der Waals surface area contributed by atoms with Gasteiger partial charge >= 0.3 is 5.97 Å². The minimum absolute atomic E-state index is 0.375. The van der Waals surface area contributed by atoms with Crippen molar-refractivity contribution in [2.75, 3.05) is 34.4 Å². The molecule has 0 amide bonds. The van der Waals surface area contributed by atoms with Crippen LogP contribution in [0, 0.1) is 0 Å². The van der Waals surface area contributed by atoms with E-state index in [9.17, 15) is 4.79 Å². The van der Waals surface area contributed by atoms with Crippen molar-refractivity contribution >= 4 is 5.97 Å². The molecule has 0 saturated carbocycles. The molecular weight excluding hydrogens is 206 g/mol. The van der Waals surface area contributed by atoms with Gasteiger partial charge in [0, 0.05) is 6.54 Å². The zero-order valence-electron chi connectivity index (χ0n) is 9.90. The number of para-hydroxylation sites is 1. The normalized spacial score (nSPS) is 10.2. The maximum atomic E-state index is 11.4. The Hall–Kier alpha value is -1.55. The lowest BCUT2D eigenvalue weighted by atomic mass is 10.2. The topological polar surface area (TPSA) is 38.8 Å². The summed E-state index contributed by atoms with van der Waals surface area (Å²) in [6.07, 6.45) is 0. The number of ether oxygens (including phenoxy) is 2. The van der Waals surface area contributed by atoms with E-state index in [0.717, 1.165) is 6.54 Å². The molecule has 0 bridgehead atoms. The first kappa shape index (κ1) is 12.5. The van der Waals surface area contributed by atoms with E-state index in [1.165, 1.54) is 7.11 Å². The van der Waals surface area contributed by atoms with Crippen LogP contribution >= 0.6 is 0 Å².